The van der Waals surface area contributed by atoms with Gasteiger partial charge in [0, 0.05) is 5.54 Å². The zero-order valence-corrected chi connectivity index (χ0v) is 11.3. The van der Waals surface area contributed by atoms with Gasteiger partial charge in [0.05, 0.1) is 6.54 Å². The van der Waals surface area contributed by atoms with E-state index in [-0.39, 0.29) is 12.5 Å². The van der Waals surface area contributed by atoms with Gasteiger partial charge in [-0.25, -0.2) is 9.59 Å². The van der Waals surface area contributed by atoms with Crippen LogP contribution in [0, 0.1) is 5.92 Å². The number of nitrogens with one attached hydrogen (secondary N) is 2. The molecule has 1 aliphatic carbocycles. The Hall–Kier alpha value is -1.79. The van der Waals surface area contributed by atoms with Gasteiger partial charge in [0.1, 0.15) is 5.54 Å². The summed E-state index contributed by atoms with van der Waals surface area (Å²) in [5.74, 6) is -0.404. The van der Waals surface area contributed by atoms with E-state index < -0.39 is 29.1 Å². The van der Waals surface area contributed by atoms with Crippen LogP contribution in [0.15, 0.2) is 0 Å². The molecule has 0 bridgehead atoms. The highest BCUT2D eigenvalue weighted by Crippen LogP contribution is 2.42. The minimum atomic E-state index is -1.11. The zero-order chi connectivity index (χ0) is 14.4. The maximum atomic E-state index is 12.1. The van der Waals surface area contributed by atoms with Crippen LogP contribution in [0.25, 0.3) is 0 Å². The van der Waals surface area contributed by atoms with Crippen molar-refractivity contribution >= 4 is 18.0 Å². The second-order valence-electron chi connectivity index (χ2n) is 6.19. The van der Waals surface area contributed by atoms with Gasteiger partial charge in [-0.3, -0.25) is 10.1 Å². The minimum absolute atomic E-state index is 0.0168. The van der Waals surface area contributed by atoms with E-state index in [9.17, 15) is 19.5 Å². The molecule has 2 fully saturated rings. The Bertz CT molecular complexity index is 439. The number of carbonyl (C=O) groups excluding carboxylic acids is 2. The van der Waals surface area contributed by atoms with Gasteiger partial charge in [-0.2, -0.15) is 0 Å². The Morgan fingerprint density at radius 2 is 2.00 bits per heavy atom. The van der Waals surface area contributed by atoms with Gasteiger partial charge in [0.25, 0.3) is 5.91 Å². The summed E-state index contributed by atoms with van der Waals surface area (Å²) in [5, 5.41) is 14.2. The predicted molar refractivity (Wildman–Crippen MR) is 66.6 cm³/mol. The highest BCUT2D eigenvalue weighted by Gasteiger charge is 2.57. The van der Waals surface area contributed by atoms with Gasteiger partial charge >= 0.3 is 12.1 Å². The third kappa shape index (κ3) is 2.36. The number of hydrogen-bond acceptors (Lipinski definition) is 3. The molecule has 0 spiro atoms. The van der Waals surface area contributed by atoms with Crippen molar-refractivity contribution < 1.29 is 19.5 Å². The van der Waals surface area contributed by atoms with E-state index in [1.807, 2.05) is 0 Å². The largest absolute Gasteiger partial charge is 0.465 e. The van der Waals surface area contributed by atoms with Gasteiger partial charge in [0.2, 0.25) is 0 Å². The molecule has 4 amide bonds. The lowest BCUT2D eigenvalue weighted by Gasteiger charge is -2.39. The lowest BCUT2D eigenvalue weighted by atomic mass is 9.90. The molecule has 1 heterocycles. The van der Waals surface area contributed by atoms with Crippen molar-refractivity contribution in [3.05, 3.63) is 0 Å². The van der Waals surface area contributed by atoms with Crippen LogP contribution < -0.4 is 10.6 Å². The molecule has 0 aromatic heterocycles. The number of urea groups is 1. The number of imide groups is 1. The van der Waals surface area contributed by atoms with Gasteiger partial charge in [-0.05, 0) is 39.5 Å². The van der Waals surface area contributed by atoms with Crippen molar-refractivity contribution in [3.63, 3.8) is 0 Å². The normalized spacial score (nSPS) is 26.9. The van der Waals surface area contributed by atoms with Crippen molar-refractivity contribution in [2.75, 3.05) is 6.54 Å². The molecule has 2 aliphatic rings. The molecular formula is C12H19N3O4. The van der Waals surface area contributed by atoms with Crippen LogP contribution in [-0.4, -0.2) is 45.7 Å². The summed E-state index contributed by atoms with van der Waals surface area (Å²) in [6.45, 7) is 5.26. The summed E-state index contributed by atoms with van der Waals surface area (Å²) in [6, 6.07) is -0.545. The first-order chi connectivity index (χ1) is 8.67. The molecule has 1 saturated carbocycles. The fourth-order valence-corrected chi connectivity index (χ4v) is 2.45. The molecule has 0 aromatic carbocycles. The standard InChI is InChI=1S/C12H19N3O4/c1-11(2,3)15(10(18)19)6-12(7-4-5-7)8(16)13-9(17)14-12/h7H,4-6H2,1-3H3,(H,18,19)(H2,13,14,16,17)/t12-/m0/s1. The average Bonchev–Trinajstić information content (AvgIpc) is 3.01. The van der Waals surface area contributed by atoms with E-state index in [1.165, 1.54) is 4.90 Å². The monoisotopic (exact) mass is 269 g/mol. The van der Waals surface area contributed by atoms with E-state index in [4.69, 9.17) is 0 Å². The van der Waals surface area contributed by atoms with Crippen LogP contribution in [0.3, 0.4) is 0 Å². The molecular weight excluding hydrogens is 250 g/mol. The molecule has 106 valence electrons. The Kier molecular flexibility index (Phi) is 2.95. The highest BCUT2D eigenvalue weighted by atomic mass is 16.4. The number of amides is 4. The molecule has 0 unspecified atom stereocenters. The molecule has 0 radical (unpaired) electrons. The molecule has 1 saturated heterocycles. The molecule has 19 heavy (non-hydrogen) atoms. The molecule has 3 N–H and O–H groups in total. The van der Waals surface area contributed by atoms with Crippen LogP contribution >= 0.6 is 0 Å². The maximum Gasteiger partial charge on any atom is 0.407 e. The highest BCUT2D eigenvalue weighted by molar-refractivity contribution is 6.07. The minimum Gasteiger partial charge on any atom is -0.465 e. The van der Waals surface area contributed by atoms with E-state index in [0.29, 0.717) is 0 Å². The van der Waals surface area contributed by atoms with Crippen LogP contribution in [0.5, 0.6) is 0 Å². The number of rotatable bonds is 3. The fourth-order valence-electron chi connectivity index (χ4n) is 2.45. The Morgan fingerprint density at radius 3 is 2.32 bits per heavy atom. The molecule has 1 atom stereocenters. The van der Waals surface area contributed by atoms with Crippen molar-refractivity contribution in [2.24, 2.45) is 5.92 Å². The summed E-state index contributed by atoms with van der Waals surface area (Å²) in [4.78, 5) is 36.0. The van der Waals surface area contributed by atoms with E-state index in [0.717, 1.165) is 12.8 Å². The van der Waals surface area contributed by atoms with Crippen LogP contribution in [-0.2, 0) is 4.79 Å². The summed E-state index contributed by atoms with van der Waals surface area (Å²) in [6.07, 6.45) is 0.554. The number of nitrogens with zero attached hydrogens (tertiary/aromatic N) is 1. The SMILES string of the molecule is CC(C)(C)N(C[C@@]1(C2CC2)NC(=O)NC1=O)C(=O)O. The second-order valence-corrected chi connectivity index (χ2v) is 6.19. The van der Waals surface area contributed by atoms with Gasteiger partial charge < -0.3 is 15.3 Å². The van der Waals surface area contributed by atoms with Crippen LogP contribution in [0.1, 0.15) is 33.6 Å². The van der Waals surface area contributed by atoms with Crippen LogP contribution in [0.4, 0.5) is 9.59 Å². The topological polar surface area (TPSA) is 98.7 Å². The summed E-state index contributed by atoms with van der Waals surface area (Å²) in [7, 11) is 0. The smallest absolute Gasteiger partial charge is 0.407 e. The lowest BCUT2D eigenvalue weighted by molar-refractivity contribution is -0.125. The first kappa shape index (κ1) is 13.6. The first-order valence-electron chi connectivity index (χ1n) is 6.31. The van der Waals surface area contributed by atoms with Crippen molar-refractivity contribution in [2.45, 2.75) is 44.7 Å². The van der Waals surface area contributed by atoms with E-state index >= 15 is 0 Å². The Balaban J connectivity index is 2.29. The van der Waals surface area contributed by atoms with Crippen molar-refractivity contribution in [1.29, 1.82) is 0 Å². The number of carbonyl (C=O) groups is 3. The molecule has 7 heteroatoms. The maximum absolute atomic E-state index is 12.1. The van der Waals surface area contributed by atoms with Gasteiger partial charge in [-0.1, -0.05) is 0 Å². The fraction of sp³-hybridized carbons (Fsp3) is 0.750. The van der Waals surface area contributed by atoms with Gasteiger partial charge in [0.15, 0.2) is 0 Å². The quantitative estimate of drug-likeness (QED) is 0.658. The molecule has 7 nitrogen and oxygen atoms in total. The molecule has 1 aliphatic heterocycles. The number of carboxylic acid groups (broad SMARTS) is 1. The van der Waals surface area contributed by atoms with E-state index in [2.05, 4.69) is 10.6 Å². The molecule has 0 aromatic rings. The Morgan fingerprint density at radius 1 is 1.42 bits per heavy atom. The van der Waals surface area contributed by atoms with Crippen LogP contribution in [0.2, 0.25) is 0 Å². The Labute approximate surface area is 111 Å². The third-order valence-corrected chi connectivity index (χ3v) is 3.69. The average molecular weight is 269 g/mol. The van der Waals surface area contributed by atoms with Gasteiger partial charge in [-0.15, -0.1) is 0 Å². The summed E-state index contributed by atoms with van der Waals surface area (Å²) >= 11 is 0. The van der Waals surface area contributed by atoms with E-state index in [1.54, 1.807) is 20.8 Å². The number of hydrogen-bond donors (Lipinski definition) is 3. The first-order valence-corrected chi connectivity index (χ1v) is 6.31. The predicted octanol–water partition coefficient (Wildman–Crippen LogP) is 0.753. The lowest BCUT2D eigenvalue weighted by Crippen LogP contribution is -2.61. The summed E-state index contributed by atoms with van der Waals surface area (Å²) < 4.78 is 0. The molecule has 2 rings (SSSR count). The van der Waals surface area contributed by atoms with Crippen molar-refractivity contribution in [3.8, 4) is 0 Å². The third-order valence-electron chi connectivity index (χ3n) is 3.69. The summed E-state index contributed by atoms with van der Waals surface area (Å²) in [5.41, 5.74) is -1.75. The van der Waals surface area contributed by atoms with Crippen molar-refractivity contribution in [1.82, 2.24) is 15.5 Å². The second kappa shape index (κ2) is 4.11. The zero-order valence-electron chi connectivity index (χ0n) is 11.3.